The quantitative estimate of drug-likeness (QED) is 0.676. The van der Waals surface area contributed by atoms with Gasteiger partial charge in [0, 0.05) is 13.1 Å². The fourth-order valence-corrected chi connectivity index (χ4v) is 4.60. The van der Waals surface area contributed by atoms with Crippen LogP contribution >= 0.6 is 0 Å². The zero-order valence-corrected chi connectivity index (χ0v) is 15.7. The highest BCUT2D eigenvalue weighted by Crippen LogP contribution is 2.19. The molecule has 0 bridgehead atoms. The summed E-state index contributed by atoms with van der Waals surface area (Å²) in [4.78, 5) is 25.7. The number of likely N-dealkylation sites (N-methyl/N-ethyl adjacent to an activating group) is 1. The summed E-state index contributed by atoms with van der Waals surface area (Å²) in [5.41, 5.74) is 0.392. The smallest absolute Gasteiger partial charge is 0.311 e. The molecule has 1 heterocycles. The lowest BCUT2D eigenvalue weighted by molar-refractivity contribution is -0.158. The maximum Gasteiger partial charge on any atom is 0.311 e. The van der Waals surface area contributed by atoms with Crippen molar-refractivity contribution >= 4 is 21.7 Å². The van der Waals surface area contributed by atoms with E-state index in [4.69, 9.17) is 9.47 Å². The summed E-state index contributed by atoms with van der Waals surface area (Å²) in [6.07, 6.45) is -0.880. The van der Waals surface area contributed by atoms with Crippen molar-refractivity contribution in [1.29, 1.82) is 0 Å². The molecule has 1 saturated heterocycles. The number of carbonyl (C=O) groups is 2. The molecule has 1 aromatic carbocycles. The van der Waals surface area contributed by atoms with Gasteiger partial charge in [0.05, 0.1) is 25.0 Å². The van der Waals surface area contributed by atoms with Crippen molar-refractivity contribution in [2.45, 2.75) is 31.9 Å². The van der Waals surface area contributed by atoms with Crippen molar-refractivity contribution in [3.8, 4) is 5.75 Å². The highest BCUT2D eigenvalue weighted by molar-refractivity contribution is 7.91. The Bertz CT molecular complexity index is 794. The monoisotopic (exact) mass is 387 g/mol. The molecule has 2 atom stereocenters. The van der Waals surface area contributed by atoms with E-state index in [1.54, 1.807) is 0 Å². The lowest BCUT2D eigenvalue weighted by Gasteiger charge is -2.26. The third-order valence-corrected chi connectivity index (χ3v) is 6.07. The van der Waals surface area contributed by atoms with E-state index in [-0.39, 0.29) is 23.7 Å². The number of hydrogen-bond donors (Lipinski definition) is 0. The fourth-order valence-electron chi connectivity index (χ4n) is 2.82. The molecule has 0 N–H and O–H groups in total. The van der Waals surface area contributed by atoms with Crippen LogP contribution in [0.5, 0.6) is 5.75 Å². The summed E-state index contributed by atoms with van der Waals surface area (Å²) in [6.45, 7) is 1.43. The first-order valence-corrected chi connectivity index (χ1v) is 9.94. The molecular weight excluding hydrogens is 365 g/mol. The van der Waals surface area contributed by atoms with Gasteiger partial charge in [-0.2, -0.15) is 0 Å². The van der Waals surface area contributed by atoms with Crippen LogP contribution in [-0.2, 0) is 30.6 Å². The first-order valence-electron chi connectivity index (χ1n) is 8.12. The highest BCUT2D eigenvalue weighted by Gasteiger charge is 2.34. The van der Waals surface area contributed by atoms with Gasteiger partial charge in [-0.05, 0) is 31.0 Å². The lowest BCUT2D eigenvalue weighted by Crippen LogP contribution is -2.44. The second kappa shape index (κ2) is 8.03. The molecule has 9 heteroatoms. The van der Waals surface area contributed by atoms with E-state index < -0.39 is 39.7 Å². The summed E-state index contributed by atoms with van der Waals surface area (Å²) in [7, 11) is -0.285. The maximum absolute atomic E-state index is 13.6. The lowest BCUT2D eigenvalue weighted by atomic mass is 10.1. The van der Waals surface area contributed by atoms with Crippen molar-refractivity contribution < 1.29 is 31.9 Å². The van der Waals surface area contributed by atoms with E-state index in [0.29, 0.717) is 12.0 Å². The third-order valence-electron chi connectivity index (χ3n) is 4.32. The van der Waals surface area contributed by atoms with Gasteiger partial charge in [0.25, 0.3) is 5.91 Å². The van der Waals surface area contributed by atoms with Gasteiger partial charge >= 0.3 is 5.97 Å². The van der Waals surface area contributed by atoms with Crippen LogP contribution in [0.2, 0.25) is 0 Å². The van der Waals surface area contributed by atoms with Crippen molar-refractivity contribution in [2.24, 2.45) is 0 Å². The van der Waals surface area contributed by atoms with Gasteiger partial charge in [-0.25, -0.2) is 12.8 Å². The molecule has 1 aliphatic rings. The summed E-state index contributed by atoms with van der Waals surface area (Å²) in [5.74, 6) is -1.71. The van der Waals surface area contributed by atoms with Crippen LogP contribution in [0.25, 0.3) is 0 Å². The third kappa shape index (κ3) is 4.94. The van der Waals surface area contributed by atoms with E-state index >= 15 is 0 Å². The molecule has 0 radical (unpaired) electrons. The number of esters is 1. The molecule has 1 aliphatic heterocycles. The van der Waals surface area contributed by atoms with Gasteiger partial charge in [-0.3, -0.25) is 9.59 Å². The number of ether oxygens (including phenoxy) is 2. The standard InChI is InChI=1S/C17H22FNO6S/c1-11(17(21)19(2)13-6-7-26(22,23)10-13)25-16(20)9-12-4-5-15(24-3)14(18)8-12/h4-5,8,11,13H,6-7,9-10H2,1-3H3/t11-,13+/m1/s1. The van der Waals surface area contributed by atoms with E-state index in [2.05, 4.69) is 0 Å². The number of carbonyl (C=O) groups excluding carboxylic acids is 2. The first-order chi connectivity index (χ1) is 12.1. The molecule has 144 valence electrons. The van der Waals surface area contributed by atoms with Crippen molar-refractivity contribution in [3.05, 3.63) is 29.6 Å². The number of sulfone groups is 1. The van der Waals surface area contributed by atoms with Gasteiger partial charge in [-0.15, -0.1) is 0 Å². The van der Waals surface area contributed by atoms with E-state index in [1.165, 1.54) is 44.2 Å². The predicted octanol–water partition coefficient (Wildman–Crippen LogP) is 0.954. The summed E-state index contributed by atoms with van der Waals surface area (Å²) in [5, 5.41) is 0. The minimum absolute atomic E-state index is 0.0481. The Hall–Kier alpha value is -2.16. The Balaban J connectivity index is 1.91. The maximum atomic E-state index is 13.6. The number of hydrogen-bond acceptors (Lipinski definition) is 6. The average Bonchev–Trinajstić information content (AvgIpc) is 2.93. The van der Waals surface area contributed by atoms with Gasteiger partial charge < -0.3 is 14.4 Å². The zero-order chi connectivity index (χ0) is 19.5. The normalized spacial score (nSPS) is 19.6. The minimum Gasteiger partial charge on any atom is -0.494 e. The molecule has 1 fully saturated rings. The van der Waals surface area contributed by atoms with Crippen LogP contribution in [0.4, 0.5) is 4.39 Å². The topological polar surface area (TPSA) is 90.0 Å². The number of halogens is 1. The van der Waals surface area contributed by atoms with Crippen LogP contribution in [0, 0.1) is 5.82 Å². The Morgan fingerprint density at radius 2 is 2.08 bits per heavy atom. The molecule has 0 aliphatic carbocycles. The highest BCUT2D eigenvalue weighted by atomic mass is 32.2. The zero-order valence-electron chi connectivity index (χ0n) is 14.9. The summed E-state index contributed by atoms with van der Waals surface area (Å²) >= 11 is 0. The fraction of sp³-hybridized carbons (Fsp3) is 0.529. The summed E-state index contributed by atoms with van der Waals surface area (Å²) in [6, 6.07) is 3.69. The molecule has 0 unspecified atom stereocenters. The number of methoxy groups -OCH3 is 1. The Kier molecular flexibility index (Phi) is 6.22. The predicted molar refractivity (Wildman–Crippen MR) is 92.0 cm³/mol. The number of benzene rings is 1. The van der Waals surface area contributed by atoms with Gasteiger partial charge in [0.1, 0.15) is 0 Å². The number of amides is 1. The molecule has 1 amide bonds. The van der Waals surface area contributed by atoms with Crippen molar-refractivity contribution in [2.75, 3.05) is 25.7 Å². The van der Waals surface area contributed by atoms with Crippen molar-refractivity contribution in [1.82, 2.24) is 4.90 Å². The molecule has 0 saturated carbocycles. The molecule has 0 spiro atoms. The molecule has 1 aromatic rings. The molecule has 26 heavy (non-hydrogen) atoms. The second-order valence-corrected chi connectivity index (χ2v) is 8.51. The Morgan fingerprint density at radius 1 is 1.38 bits per heavy atom. The van der Waals surface area contributed by atoms with Crippen LogP contribution < -0.4 is 4.74 Å². The molecule has 7 nitrogen and oxygen atoms in total. The molecule has 0 aromatic heterocycles. The molecular formula is C17H22FNO6S. The van der Waals surface area contributed by atoms with Gasteiger partial charge in [-0.1, -0.05) is 6.07 Å². The van der Waals surface area contributed by atoms with Crippen molar-refractivity contribution in [3.63, 3.8) is 0 Å². The van der Waals surface area contributed by atoms with E-state index in [1.807, 2.05) is 0 Å². The second-order valence-electron chi connectivity index (χ2n) is 6.28. The molecule has 2 rings (SSSR count). The Labute approximate surface area is 152 Å². The number of nitrogens with zero attached hydrogens (tertiary/aromatic N) is 1. The van der Waals surface area contributed by atoms with Gasteiger partial charge in [0.2, 0.25) is 0 Å². The average molecular weight is 387 g/mol. The van der Waals surface area contributed by atoms with Crippen LogP contribution in [-0.4, -0.2) is 63.0 Å². The van der Waals surface area contributed by atoms with E-state index in [9.17, 15) is 22.4 Å². The van der Waals surface area contributed by atoms with Crippen LogP contribution in [0.1, 0.15) is 18.9 Å². The largest absolute Gasteiger partial charge is 0.494 e. The van der Waals surface area contributed by atoms with E-state index in [0.717, 1.165) is 0 Å². The van der Waals surface area contributed by atoms with Gasteiger partial charge in [0.15, 0.2) is 27.5 Å². The minimum atomic E-state index is -3.12. The van der Waals surface area contributed by atoms with Crippen LogP contribution in [0.15, 0.2) is 18.2 Å². The number of rotatable bonds is 6. The SMILES string of the molecule is COc1ccc(CC(=O)O[C@H](C)C(=O)N(C)[C@H]2CCS(=O)(=O)C2)cc1F. The Morgan fingerprint density at radius 3 is 2.62 bits per heavy atom. The van der Waals surface area contributed by atoms with Crippen LogP contribution in [0.3, 0.4) is 0 Å². The first kappa shape index (κ1) is 20.2. The summed E-state index contributed by atoms with van der Waals surface area (Å²) < 4.78 is 46.6.